The lowest BCUT2D eigenvalue weighted by molar-refractivity contribution is -0.160. The molecule has 6 rings (SSSR count). The highest BCUT2D eigenvalue weighted by molar-refractivity contribution is 5.88. The molecule has 1 aromatic carbocycles. The van der Waals surface area contributed by atoms with E-state index in [2.05, 4.69) is 58.7 Å². The van der Waals surface area contributed by atoms with Crippen LogP contribution in [-0.4, -0.2) is 64.4 Å². The third kappa shape index (κ3) is 6.70. The predicted octanol–water partition coefficient (Wildman–Crippen LogP) is 6.89. The number of hydrogen-bond acceptors (Lipinski definition) is 8. The predicted molar refractivity (Wildman–Crippen MR) is 184 cm³/mol. The van der Waals surface area contributed by atoms with Gasteiger partial charge >= 0.3 is 5.97 Å². The lowest BCUT2D eigenvalue weighted by Gasteiger charge is -2.41. The van der Waals surface area contributed by atoms with Gasteiger partial charge in [0.15, 0.2) is 6.10 Å². The van der Waals surface area contributed by atoms with E-state index in [0.717, 1.165) is 92.8 Å². The van der Waals surface area contributed by atoms with Crippen LogP contribution in [0.5, 0.6) is 0 Å². The van der Waals surface area contributed by atoms with E-state index in [-0.39, 0.29) is 5.41 Å². The Bertz CT molecular complexity index is 1600. The number of benzene rings is 1. The van der Waals surface area contributed by atoms with Crippen LogP contribution in [0, 0.1) is 19.3 Å². The van der Waals surface area contributed by atoms with Gasteiger partial charge in [0.1, 0.15) is 5.82 Å². The van der Waals surface area contributed by atoms with E-state index in [1.807, 2.05) is 40.0 Å². The number of ether oxygens (including phenoxy) is 1. The Kier molecular flexibility index (Phi) is 8.74. The molecule has 5 heterocycles. The highest BCUT2D eigenvalue weighted by Gasteiger charge is 2.36. The van der Waals surface area contributed by atoms with Crippen molar-refractivity contribution in [3.63, 3.8) is 0 Å². The molecule has 0 spiro atoms. The molecular formula is C37H50N6O3. The van der Waals surface area contributed by atoms with Crippen molar-refractivity contribution in [3.8, 4) is 11.1 Å². The van der Waals surface area contributed by atoms with E-state index in [9.17, 15) is 9.90 Å². The zero-order valence-corrected chi connectivity index (χ0v) is 28.7. The van der Waals surface area contributed by atoms with E-state index >= 15 is 0 Å². The van der Waals surface area contributed by atoms with E-state index in [0.29, 0.717) is 11.3 Å². The summed E-state index contributed by atoms with van der Waals surface area (Å²) in [6.45, 7) is 19.8. The summed E-state index contributed by atoms with van der Waals surface area (Å²) in [6, 6.07) is 8.73. The molecule has 0 amide bonds. The molecule has 1 unspecified atom stereocenters. The molecule has 2 saturated heterocycles. The number of aromatic nitrogens is 3. The monoisotopic (exact) mass is 626 g/mol. The summed E-state index contributed by atoms with van der Waals surface area (Å²) in [7, 11) is 0. The first-order chi connectivity index (χ1) is 21.8. The second-order valence-electron chi connectivity index (χ2n) is 15.1. The average molecular weight is 627 g/mol. The van der Waals surface area contributed by atoms with E-state index in [1.165, 1.54) is 24.0 Å². The number of fused-ring (bicyclic) bond motifs is 1. The molecule has 3 aliphatic rings. The van der Waals surface area contributed by atoms with Gasteiger partial charge in [0.05, 0.1) is 11.3 Å². The van der Waals surface area contributed by atoms with Crippen LogP contribution in [0.1, 0.15) is 94.5 Å². The number of anilines is 3. The van der Waals surface area contributed by atoms with Crippen molar-refractivity contribution in [2.24, 2.45) is 5.41 Å². The number of nitrogens with zero attached hydrogens (tertiary/aromatic N) is 6. The second-order valence-corrected chi connectivity index (χ2v) is 15.1. The van der Waals surface area contributed by atoms with Gasteiger partial charge in [-0.05, 0) is 94.9 Å². The fourth-order valence-electron chi connectivity index (χ4n) is 7.25. The molecule has 1 atom stereocenters. The minimum atomic E-state index is -1.13. The molecule has 246 valence electrons. The minimum absolute atomic E-state index is 0.247. The number of carboxylic acids is 1. The topological polar surface area (TPSA) is 94.9 Å². The quantitative estimate of drug-likeness (QED) is 0.301. The summed E-state index contributed by atoms with van der Waals surface area (Å²) < 4.78 is 6.27. The molecule has 46 heavy (non-hydrogen) atoms. The number of piperidine rings is 1. The molecule has 9 heteroatoms. The summed E-state index contributed by atoms with van der Waals surface area (Å²) >= 11 is 0. The van der Waals surface area contributed by atoms with Crippen LogP contribution >= 0.6 is 0 Å². The van der Waals surface area contributed by atoms with Crippen molar-refractivity contribution in [1.82, 2.24) is 15.0 Å². The largest absolute Gasteiger partial charge is 0.479 e. The van der Waals surface area contributed by atoms with Gasteiger partial charge in [0.25, 0.3) is 0 Å². The zero-order valence-electron chi connectivity index (χ0n) is 28.7. The number of aliphatic carboxylic acids is 1. The molecule has 1 N–H and O–H groups in total. The fourth-order valence-corrected chi connectivity index (χ4v) is 7.25. The Labute approximate surface area is 274 Å². The Balaban J connectivity index is 1.39. The third-order valence-electron chi connectivity index (χ3n) is 9.82. The smallest absolute Gasteiger partial charge is 0.337 e. The van der Waals surface area contributed by atoms with Gasteiger partial charge in [-0.1, -0.05) is 32.0 Å². The summed E-state index contributed by atoms with van der Waals surface area (Å²) in [5.41, 5.74) is 7.51. The lowest BCUT2D eigenvalue weighted by atomic mass is 9.81. The van der Waals surface area contributed by atoms with E-state index < -0.39 is 17.7 Å². The Hall–Kier alpha value is -3.72. The van der Waals surface area contributed by atoms with Crippen LogP contribution in [0.4, 0.5) is 17.5 Å². The maximum atomic E-state index is 12.8. The maximum absolute atomic E-state index is 12.8. The normalized spacial score (nSPS) is 18.9. The van der Waals surface area contributed by atoms with Crippen molar-refractivity contribution in [3.05, 3.63) is 58.5 Å². The van der Waals surface area contributed by atoms with Gasteiger partial charge in [-0.15, -0.1) is 0 Å². The number of carbonyl (C=O) groups is 1. The summed E-state index contributed by atoms with van der Waals surface area (Å²) in [6.07, 6.45) is 6.14. The SMILES string of the molecule is Cc1nc(C)c(C(OC(C)(C)C)C(=O)O)c(N2CCC(C)(C)CC2)c1-c1ccc2c(c1)CCN(c1nccc(N3CCCC3)n1)C2. The first-order valence-electron chi connectivity index (χ1n) is 16.9. The molecule has 0 saturated carbocycles. The number of carboxylic acid groups (broad SMARTS) is 1. The first kappa shape index (κ1) is 32.2. The molecule has 0 aliphatic carbocycles. The molecule has 3 aromatic rings. The van der Waals surface area contributed by atoms with Crippen LogP contribution in [0.2, 0.25) is 0 Å². The van der Waals surface area contributed by atoms with Crippen molar-refractivity contribution in [2.45, 2.75) is 98.8 Å². The summed E-state index contributed by atoms with van der Waals surface area (Å²) in [5, 5.41) is 10.5. The highest BCUT2D eigenvalue weighted by atomic mass is 16.5. The molecule has 9 nitrogen and oxygen atoms in total. The third-order valence-corrected chi connectivity index (χ3v) is 9.82. The van der Waals surface area contributed by atoms with Crippen LogP contribution in [0.15, 0.2) is 30.5 Å². The van der Waals surface area contributed by atoms with Crippen LogP contribution in [0.25, 0.3) is 11.1 Å². The number of hydrogen-bond donors (Lipinski definition) is 1. The minimum Gasteiger partial charge on any atom is -0.479 e. The van der Waals surface area contributed by atoms with Crippen LogP contribution in [0.3, 0.4) is 0 Å². The first-order valence-corrected chi connectivity index (χ1v) is 16.9. The average Bonchev–Trinajstić information content (AvgIpc) is 3.54. The van der Waals surface area contributed by atoms with Gasteiger partial charge in [0, 0.05) is 68.0 Å². The highest BCUT2D eigenvalue weighted by Crippen LogP contribution is 2.45. The summed E-state index contributed by atoms with van der Waals surface area (Å²) in [5.74, 6) is 0.816. The van der Waals surface area contributed by atoms with E-state index in [1.54, 1.807) is 0 Å². The Morgan fingerprint density at radius 3 is 2.30 bits per heavy atom. The Morgan fingerprint density at radius 1 is 0.913 bits per heavy atom. The maximum Gasteiger partial charge on any atom is 0.337 e. The number of pyridine rings is 1. The molecule has 0 radical (unpaired) electrons. The number of aryl methyl sites for hydroxylation is 2. The Morgan fingerprint density at radius 2 is 1.63 bits per heavy atom. The second kappa shape index (κ2) is 12.5. The van der Waals surface area contributed by atoms with Crippen molar-refractivity contribution < 1.29 is 14.6 Å². The van der Waals surface area contributed by atoms with Gasteiger partial charge in [0.2, 0.25) is 5.95 Å². The van der Waals surface area contributed by atoms with Crippen LogP contribution < -0.4 is 14.7 Å². The van der Waals surface area contributed by atoms with Gasteiger partial charge in [-0.25, -0.2) is 9.78 Å². The van der Waals surface area contributed by atoms with Crippen molar-refractivity contribution >= 4 is 23.4 Å². The van der Waals surface area contributed by atoms with Crippen LogP contribution in [-0.2, 0) is 22.5 Å². The van der Waals surface area contributed by atoms with Gasteiger partial charge in [-0.3, -0.25) is 4.98 Å². The van der Waals surface area contributed by atoms with Gasteiger partial charge < -0.3 is 24.5 Å². The molecule has 0 bridgehead atoms. The molecular weight excluding hydrogens is 576 g/mol. The van der Waals surface area contributed by atoms with Crippen molar-refractivity contribution in [2.75, 3.05) is 47.4 Å². The molecule has 2 aromatic heterocycles. The van der Waals surface area contributed by atoms with Gasteiger partial charge in [-0.2, -0.15) is 4.98 Å². The zero-order chi connectivity index (χ0) is 32.8. The lowest BCUT2D eigenvalue weighted by Crippen LogP contribution is -2.39. The number of rotatable bonds is 7. The molecule has 2 fully saturated rings. The fraction of sp³-hybridized carbons (Fsp3) is 0.568. The van der Waals surface area contributed by atoms with Crippen molar-refractivity contribution in [1.29, 1.82) is 0 Å². The summed E-state index contributed by atoms with van der Waals surface area (Å²) in [4.78, 5) is 34.4. The standard InChI is InChI=1S/C37H50N6O3/c1-24-30(32(42-20-14-37(6,7)15-21-42)31(25(2)39-24)33(34(44)45)46-36(3,4)5)27-10-11-28-23-43(19-13-26(28)22-27)35-38-16-12-29(40-35)41-17-8-9-18-41/h10-12,16,22,33H,8-9,13-15,17-21,23H2,1-7H3,(H,44,45). The van der Waals surface area contributed by atoms with E-state index in [4.69, 9.17) is 14.7 Å². The molecule has 3 aliphatic heterocycles.